The van der Waals surface area contributed by atoms with E-state index in [1.165, 1.54) is 18.6 Å². The summed E-state index contributed by atoms with van der Waals surface area (Å²) < 4.78 is 13.2. The molecule has 0 aromatic heterocycles. The van der Waals surface area contributed by atoms with E-state index >= 15 is 0 Å². The van der Waals surface area contributed by atoms with Gasteiger partial charge in [-0.2, -0.15) is 0 Å². The molecule has 0 radical (unpaired) electrons. The van der Waals surface area contributed by atoms with Crippen molar-refractivity contribution in [1.29, 1.82) is 0 Å². The van der Waals surface area contributed by atoms with Gasteiger partial charge in [0.05, 0.1) is 0 Å². The zero-order chi connectivity index (χ0) is 16.2. The van der Waals surface area contributed by atoms with E-state index in [1.807, 2.05) is 26.0 Å². The lowest BCUT2D eigenvalue weighted by molar-refractivity contribution is -0.125. The molecule has 0 saturated heterocycles. The molecular weight excluding hydrogens is 315 g/mol. The first-order valence-electron chi connectivity index (χ1n) is 8.24. The van der Waals surface area contributed by atoms with Crippen molar-refractivity contribution in [2.75, 3.05) is 6.54 Å². The van der Waals surface area contributed by atoms with E-state index in [4.69, 9.17) is 5.73 Å². The first-order valence-corrected chi connectivity index (χ1v) is 8.24. The minimum Gasteiger partial charge on any atom is -0.355 e. The van der Waals surface area contributed by atoms with E-state index in [2.05, 4.69) is 5.32 Å². The summed E-state index contributed by atoms with van der Waals surface area (Å²) in [6.07, 6.45) is 5.59. The number of amides is 1. The normalized spacial score (nSPS) is 19.3. The lowest BCUT2D eigenvalue weighted by Gasteiger charge is -2.38. The fraction of sp³-hybridized carbons (Fsp3) is 0.611. The molecular formula is C18H28ClFN2O. The van der Waals surface area contributed by atoms with Crippen LogP contribution < -0.4 is 11.1 Å². The third-order valence-electron chi connectivity index (χ3n) is 5.07. The van der Waals surface area contributed by atoms with Crippen LogP contribution in [-0.2, 0) is 10.2 Å². The summed E-state index contributed by atoms with van der Waals surface area (Å²) in [5, 5.41) is 3.07. The molecule has 23 heavy (non-hydrogen) atoms. The summed E-state index contributed by atoms with van der Waals surface area (Å²) in [6.45, 7) is 4.31. The van der Waals surface area contributed by atoms with Gasteiger partial charge in [-0.25, -0.2) is 4.39 Å². The van der Waals surface area contributed by atoms with E-state index in [0.29, 0.717) is 6.54 Å². The number of rotatable bonds is 5. The topological polar surface area (TPSA) is 55.1 Å². The molecule has 2 unspecified atom stereocenters. The highest BCUT2D eigenvalue weighted by atomic mass is 35.5. The van der Waals surface area contributed by atoms with Crippen LogP contribution in [-0.4, -0.2) is 18.5 Å². The minimum atomic E-state index is -0.218. The van der Waals surface area contributed by atoms with E-state index in [0.717, 1.165) is 31.2 Å². The van der Waals surface area contributed by atoms with Crippen molar-refractivity contribution in [1.82, 2.24) is 5.32 Å². The standard InChI is InChI=1S/C18H27FN2O.ClH/c1-13(14(2)20)17(22)21-12-18(10-4-3-5-11-18)15-6-8-16(19)9-7-15;/h6-9,13-14H,3-5,10-12,20H2,1-2H3,(H,21,22);1H. The number of nitrogens with two attached hydrogens (primary N) is 1. The van der Waals surface area contributed by atoms with Crippen LogP contribution in [0.5, 0.6) is 0 Å². The Morgan fingerprint density at radius 1 is 1.22 bits per heavy atom. The number of benzene rings is 1. The summed E-state index contributed by atoms with van der Waals surface area (Å²) in [5.41, 5.74) is 6.86. The predicted octanol–water partition coefficient (Wildman–Crippen LogP) is 3.55. The summed E-state index contributed by atoms with van der Waals surface area (Å²) in [5.74, 6) is -0.416. The molecule has 1 aromatic rings. The van der Waals surface area contributed by atoms with Gasteiger partial charge in [-0.3, -0.25) is 4.79 Å². The summed E-state index contributed by atoms with van der Waals surface area (Å²) in [7, 11) is 0. The zero-order valence-corrected chi connectivity index (χ0v) is 14.8. The fourth-order valence-corrected chi connectivity index (χ4v) is 3.26. The molecule has 3 N–H and O–H groups in total. The molecule has 1 aromatic carbocycles. The summed E-state index contributed by atoms with van der Waals surface area (Å²) in [4.78, 5) is 12.2. The van der Waals surface area contributed by atoms with Gasteiger partial charge in [-0.15, -0.1) is 12.4 Å². The summed E-state index contributed by atoms with van der Waals surface area (Å²) in [6, 6.07) is 6.59. The maximum Gasteiger partial charge on any atom is 0.224 e. The number of nitrogens with one attached hydrogen (secondary N) is 1. The molecule has 5 heteroatoms. The van der Waals surface area contributed by atoms with Crippen LogP contribution >= 0.6 is 12.4 Å². The Balaban J connectivity index is 0.00000264. The smallest absolute Gasteiger partial charge is 0.224 e. The molecule has 130 valence electrons. The first-order chi connectivity index (χ1) is 10.4. The van der Waals surface area contributed by atoms with Crippen LogP contribution in [0.25, 0.3) is 0 Å². The second-order valence-corrected chi connectivity index (χ2v) is 6.71. The van der Waals surface area contributed by atoms with E-state index in [9.17, 15) is 9.18 Å². The van der Waals surface area contributed by atoms with Gasteiger partial charge >= 0.3 is 0 Å². The Morgan fingerprint density at radius 2 is 1.78 bits per heavy atom. The molecule has 1 fully saturated rings. The predicted molar refractivity (Wildman–Crippen MR) is 94.2 cm³/mol. The number of hydrogen-bond acceptors (Lipinski definition) is 2. The minimum absolute atomic E-state index is 0. The molecule has 2 rings (SSSR count). The third-order valence-corrected chi connectivity index (χ3v) is 5.07. The van der Waals surface area contributed by atoms with E-state index < -0.39 is 0 Å². The van der Waals surface area contributed by atoms with Crippen LogP contribution in [0.2, 0.25) is 0 Å². The molecule has 3 nitrogen and oxygen atoms in total. The van der Waals surface area contributed by atoms with Gasteiger partial charge in [-0.1, -0.05) is 38.3 Å². The van der Waals surface area contributed by atoms with Crippen molar-refractivity contribution in [2.24, 2.45) is 11.7 Å². The fourth-order valence-electron chi connectivity index (χ4n) is 3.26. The number of carbonyl (C=O) groups excluding carboxylic acids is 1. The van der Waals surface area contributed by atoms with Gasteiger partial charge in [0.15, 0.2) is 0 Å². The monoisotopic (exact) mass is 342 g/mol. The molecule has 1 saturated carbocycles. The lowest BCUT2D eigenvalue weighted by Crippen LogP contribution is -2.46. The number of hydrogen-bond donors (Lipinski definition) is 2. The average Bonchev–Trinajstić information content (AvgIpc) is 2.53. The molecule has 2 atom stereocenters. The van der Waals surface area contributed by atoms with Crippen molar-refractivity contribution < 1.29 is 9.18 Å². The highest BCUT2D eigenvalue weighted by molar-refractivity contribution is 5.85. The lowest BCUT2D eigenvalue weighted by atomic mass is 9.69. The zero-order valence-electron chi connectivity index (χ0n) is 14.0. The van der Waals surface area contributed by atoms with Crippen LogP contribution in [0.15, 0.2) is 24.3 Å². The Bertz CT molecular complexity index is 498. The van der Waals surface area contributed by atoms with E-state index in [-0.39, 0.29) is 41.5 Å². The van der Waals surface area contributed by atoms with Crippen LogP contribution in [0.1, 0.15) is 51.5 Å². The third kappa shape index (κ3) is 4.92. The molecule has 0 bridgehead atoms. The SMILES string of the molecule is CC(N)C(C)C(=O)NCC1(c2ccc(F)cc2)CCCCC1.Cl. The summed E-state index contributed by atoms with van der Waals surface area (Å²) >= 11 is 0. The Kier molecular flexibility index (Phi) is 7.49. The Labute approximate surface area is 144 Å². The average molecular weight is 343 g/mol. The first kappa shape index (κ1) is 19.9. The van der Waals surface area contributed by atoms with Crippen LogP contribution in [0, 0.1) is 11.7 Å². The highest BCUT2D eigenvalue weighted by Gasteiger charge is 2.34. The van der Waals surface area contributed by atoms with Gasteiger partial charge in [0.1, 0.15) is 5.82 Å². The molecule has 0 heterocycles. The van der Waals surface area contributed by atoms with Gasteiger partial charge in [0.25, 0.3) is 0 Å². The Hall–Kier alpha value is -1.13. The van der Waals surface area contributed by atoms with Crippen molar-refractivity contribution in [2.45, 2.75) is 57.4 Å². The molecule has 1 aliphatic rings. The Morgan fingerprint density at radius 3 is 2.30 bits per heavy atom. The maximum atomic E-state index is 13.2. The molecule has 0 spiro atoms. The van der Waals surface area contributed by atoms with Gasteiger partial charge in [-0.05, 0) is 37.5 Å². The second-order valence-electron chi connectivity index (χ2n) is 6.71. The van der Waals surface area contributed by atoms with Crippen molar-refractivity contribution >= 4 is 18.3 Å². The van der Waals surface area contributed by atoms with Crippen molar-refractivity contribution in [3.8, 4) is 0 Å². The second kappa shape index (κ2) is 8.65. The highest BCUT2D eigenvalue weighted by Crippen LogP contribution is 2.39. The molecule has 1 amide bonds. The number of halogens is 2. The quantitative estimate of drug-likeness (QED) is 0.859. The molecule has 0 aliphatic heterocycles. The van der Waals surface area contributed by atoms with Crippen LogP contribution in [0.3, 0.4) is 0 Å². The maximum absolute atomic E-state index is 13.2. The van der Waals surface area contributed by atoms with Gasteiger partial charge < -0.3 is 11.1 Å². The van der Waals surface area contributed by atoms with Crippen molar-refractivity contribution in [3.63, 3.8) is 0 Å². The van der Waals surface area contributed by atoms with Gasteiger partial charge in [0, 0.05) is 23.9 Å². The molecule has 1 aliphatic carbocycles. The number of carbonyl (C=O) groups is 1. The van der Waals surface area contributed by atoms with Gasteiger partial charge in [0.2, 0.25) is 5.91 Å². The van der Waals surface area contributed by atoms with E-state index in [1.54, 1.807) is 0 Å². The largest absolute Gasteiger partial charge is 0.355 e. The van der Waals surface area contributed by atoms with Crippen molar-refractivity contribution in [3.05, 3.63) is 35.6 Å². The van der Waals surface area contributed by atoms with Crippen LogP contribution in [0.4, 0.5) is 4.39 Å².